The first-order valence-corrected chi connectivity index (χ1v) is 10.8. The molecule has 1 aliphatic heterocycles. The number of aryl methyl sites for hydroxylation is 1. The van der Waals surface area contributed by atoms with Crippen molar-refractivity contribution in [3.05, 3.63) is 48.0 Å². The van der Waals surface area contributed by atoms with Crippen LogP contribution in [0.15, 0.2) is 47.4 Å². The summed E-state index contributed by atoms with van der Waals surface area (Å²) in [6.45, 7) is 0.430. The molecule has 8 heteroatoms. The molecule has 3 rings (SSSR count). The molecule has 1 amide bonds. The van der Waals surface area contributed by atoms with Gasteiger partial charge < -0.3 is 19.1 Å². The van der Waals surface area contributed by atoms with E-state index in [0.717, 1.165) is 5.56 Å². The SMILES string of the molecule is COc1ccc(S(=O)(=O)C2CN(C(=O)CCc3ccc(OC)cc3OC)C2)cc1. The molecule has 2 aromatic rings. The van der Waals surface area contributed by atoms with Crippen molar-refractivity contribution in [2.24, 2.45) is 0 Å². The van der Waals surface area contributed by atoms with Crippen LogP contribution >= 0.6 is 0 Å². The summed E-state index contributed by atoms with van der Waals surface area (Å²) >= 11 is 0. The molecule has 156 valence electrons. The van der Waals surface area contributed by atoms with Gasteiger partial charge in [0.05, 0.1) is 26.2 Å². The summed E-state index contributed by atoms with van der Waals surface area (Å²) in [5.41, 5.74) is 0.907. The molecule has 7 nitrogen and oxygen atoms in total. The van der Waals surface area contributed by atoms with Gasteiger partial charge in [0.1, 0.15) is 22.5 Å². The molecule has 1 aliphatic rings. The number of amides is 1. The number of rotatable bonds is 8. The van der Waals surface area contributed by atoms with Gasteiger partial charge in [-0.1, -0.05) is 6.07 Å². The second-order valence-electron chi connectivity index (χ2n) is 6.82. The zero-order chi connectivity index (χ0) is 21.0. The van der Waals surface area contributed by atoms with Crippen LogP contribution in [0, 0.1) is 0 Å². The third kappa shape index (κ3) is 4.48. The van der Waals surface area contributed by atoms with Crippen molar-refractivity contribution in [1.29, 1.82) is 0 Å². The van der Waals surface area contributed by atoms with Crippen molar-refractivity contribution >= 4 is 15.7 Å². The molecule has 0 spiro atoms. The fourth-order valence-electron chi connectivity index (χ4n) is 3.25. The van der Waals surface area contributed by atoms with Crippen LogP contribution in [0.4, 0.5) is 0 Å². The predicted octanol–water partition coefficient (Wildman–Crippen LogP) is 2.33. The molecular weight excluding hydrogens is 394 g/mol. The Balaban J connectivity index is 1.56. The summed E-state index contributed by atoms with van der Waals surface area (Å²) in [6, 6.07) is 11.8. The number of hydrogen-bond acceptors (Lipinski definition) is 6. The molecule has 1 heterocycles. The Hall–Kier alpha value is -2.74. The minimum atomic E-state index is -3.46. The minimum Gasteiger partial charge on any atom is -0.497 e. The van der Waals surface area contributed by atoms with E-state index in [1.54, 1.807) is 37.3 Å². The van der Waals surface area contributed by atoms with Crippen LogP contribution in [0.2, 0.25) is 0 Å². The number of sulfone groups is 1. The Bertz CT molecular complexity index is 965. The maximum absolute atomic E-state index is 12.7. The molecule has 0 atom stereocenters. The number of carbonyl (C=O) groups excluding carboxylic acids is 1. The van der Waals surface area contributed by atoms with E-state index in [-0.39, 0.29) is 30.3 Å². The lowest BCUT2D eigenvalue weighted by Gasteiger charge is -2.38. The largest absolute Gasteiger partial charge is 0.497 e. The van der Waals surface area contributed by atoms with Crippen LogP contribution in [-0.2, 0) is 21.1 Å². The van der Waals surface area contributed by atoms with Crippen molar-refractivity contribution in [3.63, 3.8) is 0 Å². The number of ether oxygens (including phenoxy) is 3. The Kier molecular flexibility index (Phi) is 6.32. The Morgan fingerprint density at radius 2 is 1.59 bits per heavy atom. The Morgan fingerprint density at radius 3 is 2.17 bits per heavy atom. The Morgan fingerprint density at radius 1 is 0.966 bits per heavy atom. The van der Waals surface area contributed by atoms with Gasteiger partial charge in [0.2, 0.25) is 5.91 Å². The number of likely N-dealkylation sites (tertiary alicyclic amines) is 1. The number of benzene rings is 2. The monoisotopic (exact) mass is 419 g/mol. The molecule has 0 aliphatic carbocycles. The summed E-state index contributed by atoms with van der Waals surface area (Å²) in [5, 5.41) is -0.574. The highest BCUT2D eigenvalue weighted by Crippen LogP contribution is 2.28. The fraction of sp³-hybridized carbons (Fsp3) is 0.381. The predicted molar refractivity (Wildman–Crippen MR) is 108 cm³/mol. The van der Waals surface area contributed by atoms with E-state index < -0.39 is 15.1 Å². The van der Waals surface area contributed by atoms with Gasteiger partial charge in [-0.15, -0.1) is 0 Å². The highest BCUT2D eigenvalue weighted by atomic mass is 32.2. The first-order chi connectivity index (χ1) is 13.9. The van der Waals surface area contributed by atoms with Gasteiger partial charge in [-0.3, -0.25) is 4.79 Å². The molecule has 29 heavy (non-hydrogen) atoms. The summed E-state index contributed by atoms with van der Waals surface area (Å²) < 4.78 is 41.0. The quantitative estimate of drug-likeness (QED) is 0.653. The van der Waals surface area contributed by atoms with E-state index in [9.17, 15) is 13.2 Å². The average molecular weight is 419 g/mol. The second kappa shape index (κ2) is 8.73. The van der Waals surface area contributed by atoms with Crippen LogP contribution < -0.4 is 14.2 Å². The van der Waals surface area contributed by atoms with Crippen molar-refractivity contribution in [2.45, 2.75) is 23.0 Å². The topological polar surface area (TPSA) is 82.1 Å². The molecule has 0 unspecified atom stereocenters. The van der Waals surface area contributed by atoms with Gasteiger partial charge in [-0.05, 0) is 42.3 Å². The first-order valence-electron chi connectivity index (χ1n) is 9.25. The lowest BCUT2D eigenvalue weighted by atomic mass is 10.1. The van der Waals surface area contributed by atoms with Crippen molar-refractivity contribution in [2.75, 3.05) is 34.4 Å². The van der Waals surface area contributed by atoms with E-state index in [4.69, 9.17) is 14.2 Å². The zero-order valence-corrected chi connectivity index (χ0v) is 17.6. The molecule has 1 saturated heterocycles. The molecular formula is C21H25NO6S. The molecule has 0 N–H and O–H groups in total. The third-order valence-electron chi connectivity index (χ3n) is 5.13. The number of carbonyl (C=O) groups is 1. The van der Waals surface area contributed by atoms with Crippen LogP contribution in [0.5, 0.6) is 17.2 Å². The molecule has 0 saturated carbocycles. The van der Waals surface area contributed by atoms with E-state index in [1.165, 1.54) is 19.2 Å². The third-order valence-corrected chi connectivity index (χ3v) is 7.24. The lowest BCUT2D eigenvalue weighted by Crippen LogP contribution is -2.56. The minimum absolute atomic E-state index is 0.0657. The van der Waals surface area contributed by atoms with Gasteiger partial charge in [0.25, 0.3) is 0 Å². The number of hydrogen-bond donors (Lipinski definition) is 0. The number of methoxy groups -OCH3 is 3. The molecule has 0 bridgehead atoms. The maximum atomic E-state index is 12.7. The maximum Gasteiger partial charge on any atom is 0.222 e. The normalized spacial score (nSPS) is 14.2. The number of nitrogens with zero attached hydrogens (tertiary/aromatic N) is 1. The summed E-state index contributed by atoms with van der Waals surface area (Å²) in [6.07, 6.45) is 0.802. The van der Waals surface area contributed by atoms with Crippen LogP contribution in [0.3, 0.4) is 0 Å². The highest BCUT2D eigenvalue weighted by molar-refractivity contribution is 7.92. The van der Waals surface area contributed by atoms with Gasteiger partial charge in [-0.2, -0.15) is 0 Å². The van der Waals surface area contributed by atoms with E-state index in [1.807, 2.05) is 12.1 Å². The molecule has 1 fully saturated rings. The van der Waals surface area contributed by atoms with Crippen molar-refractivity contribution in [3.8, 4) is 17.2 Å². The Labute approximate surface area is 171 Å². The molecule has 0 radical (unpaired) electrons. The smallest absolute Gasteiger partial charge is 0.222 e. The average Bonchev–Trinajstić information content (AvgIpc) is 2.70. The van der Waals surface area contributed by atoms with E-state index in [0.29, 0.717) is 23.7 Å². The lowest BCUT2D eigenvalue weighted by molar-refractivity contribution is -0.134. The standard InChI is InChI=1S/C21H25NO6S/c1-26-16-7-9-18(10-8-16)29(24,25)19-13-22(14-19)21(23)11-5-15-4-6-17(27-2)12-20(15)28-3/h4,6-10,12,19H,5,11,13-14H2,1-3H3. The van der Waals surface area contributed by atoms with E-state index in [2.05, 4.69) is 0 Å². The molecule has 2 aromatic carbocycles. The van der Waals surface area contributed by atoms with Gasteiger partial charge >= 0.3 is 0 Å². The molecule has 0 aromatic heterocycles. The summed E-state index contributed by atoms with van der Waals surface area (Å²) in [5.74, 6) is 1.89. The summed E-state index contributed by atoms with van der Waals surface area (Å²) in [4.78, 5) is 14.3. The van der Waals surface area contributed by atoms with Crippen molar-refractivity contribution < 1.29 is 27.4 Å². The van der Waals surface area contributed by atoms with Crippen LogP contribution in [-0.4, -0.2) is 58.9 Å². The van der Waals surface area contributed by atoms with E-state index >= 15 is 0 Å². The van der Waals surface area contributed by atoms with Gasteiger partial charge in [0.15, 0.2) is 9.84 Å². The fourth-order valence-corrected chi connectivity index (χ4v) is 4.91. The van der Waals surface area contributed by atoms with Gasteiger partial charge in [-0.25, -0.2) is 8.42 Å². The highest BCUT2D eigenvalue weighted by Gasteiger charge is 2.40. The van der Waals surface area contributed by atoms with Crippen LogP contribution in [0.25, 0.3) is 0 Å². The first kappa shape index (κ1) is 21.0. The van der Waals surface area contributed by atoms with Crippen LogP contribution in [0.1, 0.15) is 12.0 Å². The van der Waals surface area contributed by atoms with Gasteiger partial charge in [0, 0.05) is 25.6 Å². The summed E-state index contributed by atoms with van der Waals surface area (Å²) in [7, 11) is 1.22. The second-order valence-corrected chi connectivity index (χ2v) is 9.05. The van der Waals surface area contributed by atoms with Crippen molar-refractivity contribution in [1.82, 2.24) is 4.90 Å². The zero-order valence-electron chi connectivity index (χ0n) is 16.8.